The first kappa shape index (κ1) is 28.2. The van der Waals surface area contributed by atoms with E-state index in [-0.39, 0.29) is 19.6 Å². The summed E-state index contributed by atoms with van der Waals surface area (Å²) in [4.78, 5) is 24.7. The molecule has 40 heavy (non-hydrogen) atoms. The minimum Gasteiger partial charge on any atom is -0.485 e. The van der Waals surface area contributed by atoms with E-state index in [1.165, 1.54) is 6.07 Å². The molecular formula is C31H26F3NO5. The summed E-state index contributed by atoms with van der Waals surface area (Å²) in [6.45, 7) is 0.494. The largest absolute Gasteiger partial charge is 0.485 e. The quantitative estimate of drug-likeness (QED) is 0.230. The van der Waals surface area contributed by atoms with E-state index in [9.17, 15) is 27.9 Å². The summed E-state index contributed by atoms with van der Waals surface area (Å²) in [6, 6.07) is 26.5. The Hall–Kier alpha value is -4.79. The molecule has 0 saturated carbocycles. The van der Waals surface area contributed by atoms with Gasteiger partial charge in [-0.3, -0.25) is 4.79 Å². The number of aliphatic carboxylic acids is 1. The number of rotatable bonds is 11. The number of alkyl halides is 3. The van der Waals surface area contributed by atoms with E-state index in [0.29, 0.717) is 17.1 Å². The van der Waals surface area contributed by atoms with Crippen molar-refractivity contribution in [1.82, 2.24) is 5.32 Å². The summed E-state index contributed by atoms with van der Waals surface area (Å²) in [5, 5.41) is 12.0. The Balaban J connectivity index is 1.54. The fourth-order valence-corrected chi connectivity index (χ4v) is 3.98. The molecule has 9 heteroatoms. The lowest BCUT2D eigenvalue weighted by molar-refractivity contribution is -0.139. The molecule has 0 heterocycles. The highest BCUT2D eigenvalue weighted by atomic mass is 19.4. The molecule has 0 fully saturated rings. The number of nitrogens with one attached hydrogen (secondary N) is 1. The highest BCUT2D eigenvalue weighted by Crippen LogP contribution is 2.33. The van der Waals surface area contributed by atoms with Gasteiger partial charge in [0.25, 0.3) is 5.91 Å². The maximum absolute atomic E-state index is 13.4. The number of carbonyl (C=O) groups is 2. The monoisotopic (exact) mass is 549 g/mol. The number of carboxylic acid groups (broad SMARTS) is 1. The summed E-state index contributed by atoms with van der Waals surface area (Å²) < 4.78 is 52.1. The van der Waals surface area contributed by atoms with Crippen LogP contribution < -0.4 is 14.8 Å². The third-order valence-electron chi connectivity index (χ3n) is 6.00. The lowest BCUT2D eigenvalue weighted by Gasteiger charge is -2.18. The van der Waals surface area contributed by atoms with Gasteiger partial charge >= 0.3 is 12.1 Å². The Kier molecular flexibility index (Phi) is 9.06. The molecule has 0 radical (unpaired) electrons. The molecule has 0 unspecified atom stereocenters. The maximum Gasteiger partial charge on any atom is 0.417 e. The molecule has 4 aromatic rings. The molecule has 0 aliphatic carbocycles. The lowest BCUT2D eigenvalue weighted by atomic mass is 10.0. The lowest BCUT2D eigenvalue weighted by Crippen LogP contribution is -2.42. The molecule has 206 valence electrons. The van der Waals surface area contributed by atoms with Gasteiger partial charge in [0.1, 0.15) is 19.3 Å². The average molecular weight is 550 g/mol. The van der Waals surface area contributed by atoms with Crippen molar-refractivity contribution in [1.29, 1.82) is 0 Å². The van der Waals surface area contributed by atoms with Crippen molar-refractivity contribution < 1.29 is 37.3 Å². The van der Waals surface area contributed by atoms with Crippen LogP contribution in [0.25, 0.3) is 0 Å². The van der Waals surface area contributed by atoms with Gasteiger partial charge in [-0.15, -0.1) is 0 Å². The Morgan fingerprint density at radius 1 is 0.725 bits per heavy atom. The van der Waals surface area contributed by atoms with E-state index in [1.54, 1.807) is 18.2 Å². The predicted molar refractivity (Wildman–Crippen MR) is 142 cm³/mol. The first-order chi connectivity index (χ1) is 19.2. The number of carbonyl (C=O) groups excluding carboxylic acids is 1. The zero-order valence-corrected chi connectivity index (χ0v) is 21.2. The van der Waals surface area contributed by atoms with Gasteiger partial charge in [-0.2, -0.15) is 13.2 Å². The van der Waals surface area contributed by atoms with Gasteiger partial charge in [0, 0.05) is 6.42 Å². The van der Waals surface area contributed by atoms with Crippen LogP contribution in [-0.2, 0) is 30.6 Å². The van der Waals surface area contributed by atoms with Crippen LogP contribution in [0.2, 0.25) is 0 Å². The number of benzene rings is 4. The zero-order valence-electron chi connectivity index (χ0n) is 21.2. The van der Waals surface area contributed by atoms with Crippen LogP contribution in [0.3, 0.4) is 0 Å². The molecular weight excluding hydrogens is 523 g/mol. The first-order valence-electron chi connectivity index (χ1n) is 12.4. The van der Waals surface area contributed by atoms with Crippen molar-refractivity contribution in [2.24, 2.45) is 0 Å². The van der Waals surface area contributed by atoms with Gasteiger partial charge in [0.05, 0.1) is 11.1 Å². The van der Waals surface area contributed by atoms with Gasteiger partial charge in [0.2, 0.25) is 0 Å². The van der Waals surface area contributed by atoms with E-state index in [0.717, 1.165) is 29.3 Å². The van der Waals surface area contributed by atoms with Gasteiger partial charge in [0.15, 0.2) is 11.5 Å². The van der Waals surface area contributed by atoms with E-state index in [1.807, 2.05) is 60.7 Å². The van der Waals surface area contributed by atoms with Crippen LogP contribution in [0.15, 0.2) is 103 Å². The third kappa shape index (κ3) is 7.63. The summed E-state index contributed by atoms with van der Waals surface area (Å²) in [6.07, 6.45) is -4.97. The molecule has 0 aromatic heterocycles. The highest BCUT2D eigenvalue weighted by Gasteiger charge is 2.35. The minimum atomic E-state index is -4.77. The maximum atomic E-state index is 13.4. The van der Waals surface area contributed by atoms with Crippen molar-refractivity contribution in [2.45, 2.75) is 31.9 Å². The number of halogens is 3. The number of carboxylic acids is 1. The summed E-state index contributed by atoms with van der Waals surface area (Å²) in [5.74, 6) is -1.74. The number of amides is 1. The summed E-state index contributed by atoms with van der Waals surface area (Å²) in [7, 11) is 0. The second-order valence-corrected chi connectivity index (χ2v) is 8.94. The zero-order chi connectivity index (χ0) is 28.5. The molecule has 1 amide bonds. The molecule has 0 bridgehead atoms. The normalized spacial score (nSPS) is 11.9. The number of hydrogen-bond acceptors (Lipinski definition) is 4. The van der Waals surface area contributed by atoms with Crippen LogP contribution in [0.4, 0.5) is 13.2 Å². The second-order valence-electron chi connectivity index (χ2n) is 8.94. The molecule has 1 atom stereocenters. The summed E-state index contributed by atoms with van der Waals surface area (Å²) in [5.41, 5.74) is 0.521. The molecule has 4 aromatic carbocycles. The number of ether oxygens (including phenoxy) is 2. The highest BCUT2D eigenvalue weighted by molar-refractivity contribution is 5.98. The second kappa shape index (κ2) is 12.8. The minimum absolute atomic E-state index is 0.198. The Morgan fingerprint density at radius 3 is 1.85 bits per heavy atom. The van der Waals surface area contributed by atoms with Gasteiger partial charge in [-0.1, -0.05) is 78.9 Å². The van der Waals surface area contributed by atoms with Gasteiger partial charge in [-0.25, -0.2) is 4.79 Å². The molecule has 4 rings (SSSR count). The van der Waals surface area contributed by atoms with E-state index >= 15 is 0 Å². The Bertz CT molecular complexity index is 1440. The molecule has 6 nitrogen and oxygen atoms in total. The van der Waals surface area contributed by atoms with E-state index in [2.05, 4.69) is 5.32 Å². The van der Waals surface area contributed by atoms with Crippen molar-refractivity contribution in [3.63, 3.8) is 0 Å². The van der Waals surface area contributed by atoms with Crippen LogP contribution in [0.5, 0.6) is 11.5 Å². The fourth-order valence-electron chi connectivity index (χ4n) is 3.98. The topological polar surface area (TPSA) is 84.9 Å². The average Bonchev–Trinajstić information content (AvgIpc) is 2.95. The van der Waals surface area contributed by atoms with Gasteiger partial charge < -0.3 is 19.9 Å². The fraction of sp³-hybridized carbons (Fsp3) is 0.161. The standard InChI is InChI=1S/C31H26F3NO5/c32-31(33,34)25-14-8-7-13-24(25)29(36)35-26(30(37)38)17-23-15-16-27(39-19-21-9-3-1-4-10-21)28(18-23)40-20-22-11-5-2-6-12-22/h1-16,18,26H,17,19-20H2,(H,35,36)(H,37,38)/t26-/m0/s1. The molecule has 0 saturated heterocycles. The third-order valence-corrected chi connectivity index (χ3v) is 6.00. The predicted octanol–water partition coefficient (Wildman–Crippen LogP) is 6.29. The van der Waals surface area contributed by atoms with Crippen molar-refractivity contribution in [3.8, 4) is 11.5 Å². The smallest absolute Gasteiger partial charge is 0.417 e. The van der Waals surface area contributed by atoms with Crippen LogP contribution in [0, 0.1) is 0 Å². The molecule has 0 aliphatic heterocycles. The van der Waals surface area contributed by atoms with Crippen molar-refractivity contribution in [3.05, 3.63) is 131 Å². The van der Waals surface area contributed by atoms with Crippen LogP contribution in [-0.4, -0.2) is 23.0 Å². The SMILES string of the molecule is O=C(N[C@@H](Cc1ccc(OCc2ccccc2)c(OCc2ccccc2)c1)C(=O)O)c1ccccc1C(F)(F)F. The summed E-state index contributed by atoms with van der Waals surface area (Å²) >= 11 is 0. The molecule has 0 spiro atoms. The number of hydrogen-bond donors (Lipinski definition) is 2. The van der Waals surface area contributed by atoms with Crippen LogP contribution in [0.1, 0.15) is 32.6 Å². The first-order valence-corrected chi connectivity index (χ1v) is 12.4. The Morgan fingerprint density at radius 2 is 1.27 bits per heavy atom. The Labute approximate surface area is 229 Å². The van der Waals surface area contributed by atoms with Crippen molar-refractivity contribution in [2.75, 3.05) is 0 Å². The van der Waals surface area contributed by atoms with Crippen molar-refractivity contribution >= 4 is 11.9 Å². The molecule has 2 N–H and O–H groups in total. The molecule has 0 aliphatic rings. The van der Waals surface area contributed by atoms with Gasteiger partial charge in [-0.05, 0) is 41.0 Å². The van der Waals surface area contributed by atoms with Crippen LogP contribution >= 0.6 is 0 Å². The van der Waals surface area contributed by atoms with E-state index < -0.39 is 35.2 Å². The van der Waals surface area contributed by atoms with E-state index in [4.69, 9.17) is 9.47 Å².